The van der Waals surface area contributed by atoms with Crippen LogP contribution in [0, 0.1) is 0 Å². The number of amides is 1. The van der Waals surface area contributed by atoms with E-state index in [4.69, 9.17) is 5.73 Å². The van der Waals surface area contributed by atoms with Crippen LogP contribution in [0.5, 0.6) is 0 Å². The molecule has 1 aromatic heterocycles. The molecule has 0 aliphatic heterocycles. The summed E-state index contributed by atoms with van der Waals surface area (Å²) in [6.07, 6.45) is 2.70. The van der Waals surface area contributed by atoms with Crippen LogP contribution in [0.25, 0.3) is 11.3 Å². The van der Waals surface area contributed by atoms with E-state index in [0.29, 0.717) is 22.5 Å². The van der Waals surface area contributed by atoms with E-state index in [-0.39, 0.29) is 5.88 Å². The van der Waals surface area contributed by atoms with Crippen molar-refractivity contribution in [1.29, 1.82) is 0 Å². The van der Waals surface area contributed by atoms with Gasteiger partial charge in [0, 0.05) is 23.6 Å². The minimum Gasteiger partial charge on any atom is -0.370 e. The van der Waals surface area contributed by atoms with Crippen molar-refractivity contribution in [2.24, 2.45) is 5.73 Å². The Hall–Kier alpha value is -2.41. The molecule has 6 nitrogen and oxygen atoms in total. The SMILES string of the molecule is CS(=O)(=O)CNc1cccnc1-c1ccccc1C(N)=O. The van der Waals surface area contributed by atoms with E-state index in [1.807, 2.05) is 0 Å². The van der Waals surface area contributed by atoms with Gasteiger partial charge in [-0.2, -0.15) is 0 Å². The Morgan fingerprint density at radius 1 is 1.24 bits per heavy atom. The first-order chi connectivity index (χ1) is 9.88. The van der Waals surface area contributed by atoms with Gasteiger partial charge in [-0.05, 0) is 18.2 Å². The van der Waals surface area contributed by atoms with Crippen LogP contribution in [0.2, 0.25) is 0 Å². The van der Waals surface area contributed by atoms with Gasteiger partial charge in [-0.1, -0.05) is 18.2 Å². The zero-order valence-electron chi connectivity index (χ0n) is 11.4. The van der Waals surface area contributed by atoms with E-state index in [9.17, 15) is 13.2 Å². The first-order valence-corrected chi connectivity index (χ1v) is 8.20. The molecule has 0 aliphatic carbocycles. The second-order valence-electron chi connectivity index (χ2n) is 4.56. The van der Waals surface area contributed by atoms with Gasteiger partial charge in [0.2, 0.25) is 5.91 Å². The van der Waals surface area contributed by atoms with Crippen LogP contribution in [0.3, 0.4) is 0 Å². The number of anilines is 1. The Kier molecular flexibility index (Phi) is 4.23. The molecule has 3 N–H and O–H groups in total. The first-order valence-electron chi connectivity index (χ1n) is 6.14. The maximum absolute atomic E-state index is 11.5. The smallest absolute Gasteiger partial charge is 0.249 e. The van der Waals surface area contributed by atoms with Gasteiger partial charge in [0.25, 0.3) is 0 Å². The third-order valence-corrected chi connectivity index (χ3v) is 3.45. The average Bonchev–Trinajstić information content (AvgIpc) is 2.44. The second-order valence-corrected chi connectivity index (χ2v) is 6.70. The molecule has 1 amide bonds. The molecule has 0 aliphatic rings. The highest BCUT2D eigenvalue weighted by Gasteiger charge is 2.14. The highest BCUT2D eigenvalue weighted by atomic mass is 32.2. The monoisotopic (exact) mass is 305 g/mol. The molecule has 0 atom stereocenters. The lowest BCUT2D eigenvalue weighted by Gasteiger charge is -2.12. The molecule has 2 aromatic rings. The van der Waals surface area contributed by atoms with Gasteiger partial charge in [-0.15, -0.1) is 0 Å². The topological polar surface area (TPSA) is 102 Å². The van der Waals surface area contributed by atoms with E-state index < -0.39 is 15.7 Å². The molecule has 21 heavy (non-hydrogen) atoms. The lowest BCUT2D eigenvalue weighted by atomic mass is 10.0. The van der Waals surface area contributed by atoms with Gasteiger partial charge < -0.3 is 11.1 Å². The van der Waals surface area contributed by atoms with Gasteiger partial charge in [-0.25, -0.2) is 8.42 Å². The van der Waals surface area contributed by atoms with Crippen molar-refractivity contribution in [3.63, 3.8) is 0 Å². The summed E-state index contributed by atoms with van der Waals surface area (Å²) in [7, 11) is -3.18. The molecule has 0 radical (unpaired) electrons. The van der Waals surface area contributed by atoms with Crippen molar-refractivity contribution < 1.29 is 13.2 Å². The fourth-order valence-electron chi connectivity index (χ4n) is 1.88. The van der Waals surface area contributed by atoms with E-state index in [1.165, 1.54) is 0 Å². The summed E-state index contributed by atoms with van der Waals surface area (Å²) in [5.74, 6) is -0.782. The molecule has 110 valence electrons. The standard InChI is InChI=1S/C14H15N3O3S/c1-21(19,20)9-17-12-7-4-8-16-13(12)10-5-2-3-6-11(10)14(15)18/h2-8,17H,9H2,1H3,(H2,15,18). The summed E-state index contributed by atoms with van der Waals surface area (Å²) in [5.41, 5.74) is 7.26. The van der Waals surface area contributed by atoms with Crippen LogP contribution in [-0.2, 0) is 9.84 Å². The van der Waals surface area contributed by atoms with Crippen LogP contribution >= 0.6 is 0 Å². The van der Waals surface area contributed by atoms with Gasteiger partial charge in [0.15, 0.2) is 9.84 Å². The molecule has 2 rings (SSSR count). The summed E-state index contributed by atoms with van der Waals surface area (Å²) in [6, 6.07) is 10.2. The van der Waals surface area contributed by atoms with Gasteiger partial charge in [0.1, 0.15) is 5.88 Å². The molecular weight excluding hydrogens is 290 g/mol. The number of aromatic nitrogens is 1. The molecule has 0 saturated carbocycles. The molecule has 0 fully saturated rings. The zero-order valence-corrected chi connectivity index (χ0v) is 12.2. The number of primary amides is 1. The molecule has 1 heterocycles. The van der Waals surface area contributed by atoms with Crippen LogP contribution in [0.1, 0.15) is 10.4 Å². The molecule has 0 saturated heterocycles. The van der Waals surface area contributed by atoms with Crippen molar-refractivity contribution in [1.82, 2.24) is 4.98 Å². The van der Waals surface area contributed by atoms with E-state index in [1.54, 1.807) is 42.6 Å². The quantitative estimate of drug-likeness (QED) is 0.866. The summed E-state index contributed by atoms with van der Waals surface area (Å²) in [4.78, 5) is 15.7. The molecule has 0 spiro atoms. The third-order valence-electron chi connectivity index (χ3n) is 2.78. The van der Waals surface area contributed by atoms with Crippen LogP contribution in [-0.4, -0.2) is 31.4 Å². The predicted octanol–water partition coefficient (Wildman–Crippen LogP) is 1.26. The fourth-order valence-corrected chi connectivity index (χ4v) is 2.29. The Balaban J connectivity index is 2.48. The lowest BCUT2D eigenvalue weighted by Crippen LogP contribution is -2.15. The Morgan fingerprint density at radius 2 is 1.95 bits per heavy atom. The maximum Gasteiger partial charge on any atom is 0.249 e. The average molecular weight is 305 g/mol. The number of sulfone groups is 1. The number of nitrogens with zero attached hydrogens (tertiary/aromatic N) is 1. The summed E-state index contributed by atoms with van der Waals surface area (Å²) < 4.78 is 22.5. The van der Waals surface area contributed by atoms with Gasteiger partial charge >= 0.3 is 0 Å². The Morgan fingerprint density at radius 3 is 2.62 bits per heavy atom. The maximum atomic E-state index is 11.5. The highest BCUT2D eigenvalue weighted by Crippen LogP contribution is 2.28. The lowest BCUT2D eigenvalue weighted by molar-refractivity contribution is 0.100. The number of carbonyl (C=O) groups excluding carboxylic acids is 1. The van der Waals surface area contributed by atoms with Crippen molar-refractivity contribution in [2.45, 2.75) is 0 Å². The number of hydrogen-bond donors (Lipinski definition) is 2. The second kappa shape index (κ2) is 5.92. The van der Waals surface area contributed by atoms with Crippen molar-refractivity contribution >= 4 is 21.4 Å². The van der Waals surface area contributed by atoms with Crippen LogP contribution in [0.15, 0.2) is 42.6 Å². The van der Waals surface area contributed by atoms with Crippen LogP contribution in [0.4, 0.5) is 5.69 Å². The summed E-state index contributed by atoms with van der Waals surface area (Å²) in [5, 5.41) is 2.82. The minimum atomic E-state index is -3.18. The molecule has 0 unspecified atom stereocenters. The first kappa shape index (κ1) is 15.0. The molecule has 7 heteroatoms. The number of nitrogens with one attached hydrogen (secondary N) is 1. The normalized spacial score (nSPS) is 11.1. The molecule has 1 aromatic carbocycles. The zero-order chi connectivity index (χ0) is 15.5. The number of rotatable bonds is 5. The number of nitrogens with two attached hydrogens (primary N) is 1. The molecular formula is C14H15N3O3S. The minimum absolute atomic E-state index is 0.218. The van der Waals surface area contributed by atoms with Crippen molar-refractivity contribution in [3.8, 4) is 11.3 Å². The summed E-state index contributed by atoms with van der Waals surface area (Å²) in [6.45, 7) is 0. The number of pyridine rings is 1. The highest BCUT2D eigenvalue weighted by molar-refractivity contribution is 7.90. The third kappa shape index (κ3) is 3.79. The summed E-state index contributed by atoms with van der Waals surface area (Å²) >= 11 is 0. The van der Waals surface area contributed by atoms with Crippen molar-refractivity contribution in [3.05, 3.63) is 48.2 Å². The number of carbonyl (C=O) groups is 1. The van der Waals surface area contributed by atoms with Crippen molar-refractivity contribution in [2.75, 3.05) is 17.4 Å². The Labute approximate surface area is 122 Å². The van der Waals surface area contributed by atoms with E-state index in [2.05, 4.69) is 10.3 Å². The van der Waals surface area contributed by atoms with E-state index >= 15 is 0 Å². The van der Waals surface area contributed by atoms with Gasteiger partial charge in [-0.3, -0.25) is 9.78 Å². The van der Waals surface area contributed by atoms with Gasteiger partial charge in [0.05, 0.1) is 11.4 Å². The predicted molar refractivity (Wildman–Crippen MR) is 81.5 cm³/mol. The number of hydrogen-bond acceptors (Lipinski definition) is 5. The van der Waals surface area contributed by atoms with Crippen LogP contribution < -0.4 is 11.1 Å². The Bertz CT molecular complexity index is 773. The van der Waals surface area contributed by atoms with E-state index in [0.717, 1.165) is 6.26 Å². The number of benzene rings is 1. The molecule has 0 bridgehead atoms. The fraction of sp³-hybridized carbons (Fsp3) is 0.143. The largest absolute Gasteiger partial charge is 0.370 e.